The molecule has 2 aromatic heterocycles. The van der Waals surface area contributed by atoms with Crippen LogP contribution in [0.1, 0.15) is 36.2 Å². The van der Waals surface area contributed by atoms with Gasteiger partial charge in [0.1, 0.15) is 0 Å². The van der Waals surface area contributed by atoms with Crippen molar-refractivity contribution in [2.24, 2.45) is 13.0 Å². The van der Waals surface area contributed by atoms with Crippen molar-refractivity contribution in [2.75, 3.05) is 13.1 Å². The first-order chi connectivity index (χ1) is 11.6. The van der Waals surface area contributed by atoms with E-state index in [2.05, 4.69) is 22.2 Å². The molecule has 0 bridgehead atoms. The normalized spacial score (nSPS) is 17.9. The Morgan fingerprint density at radius 3 is 2.92 bits per heavy atom. The van der Waals surface area contributed by atoms with Crippen LogP contribution in [0.3, 0.4) is 0 Å². The van der Waals surface area contributed by atoms with Gasteiger partial charge in [0, 0.05) is 50.3 Å². The summed E-state index contributed by atoms with van der Waals surface area (Å²) in [5.41, 5.74) is 3.44. The molecule has 1 aliphatic rings. The third kappa shape index (κ3) is 4.22. The second-order valence-corrected chi connectivity index (χ2v) is 6.81. The summed E-state index contributed by atoms with van der Waals surface area (Å²) in [6.07, 6.45) is 8.39. The number of amides is 1. The first kappa shape index (κ1) is 16.7. The molecular weight excluding hydrogens is 300 g/mol. The summed E-state index contributed by atoms with van der Waals surface area (Å²) in [7, 11) is 1.92. The van der Waals surface area contributed by atoms with Gasteiger partial charge < -0.3 is 4.90 Å². The largest absolute Gasteiger partial charge is 0.342 e. The van der Waals surface area contributed by atoms with Crippen molar-refractivity contribution in [3.63, 3.8) is 0 Å². The van der Waals surface area contributed by atoms with Gasteiger partial charge in [0.2, 0.25) is 5.91 Å². The number of hydrogen-bond acceptors (Lipinski definition) is 3. The SMILES string of the molecule is Cc1ccc(C[C@@H]2CCCN(C(=O)CCc3ccnn3C)C2)cn1. The van der Waals surface area contributed by atoms with Crippen molar-refractivity contribution >= 4 is 5.91 Å². The van der Waals surface area contributed by atoms with E-state index in [0.717, 1.165) is 43.7 Å². The number of nitrogens with zero attached hydrogens (tertiary/aromatic N) is 4. The van der Waals surface area contributed by atoms with Gasteiger partial charge >= 0.3 is 0 Å². The summed E-state index contributed by atoms with van der Waals surface area (Å²) in [6.45, 7) is 3.78. The minimum absolute atomic E-state index is 0.267. The third-order valence-corrected chi connectivity index (χ3v) is 4.89. The van der Waals surface area contributed by atoms with Crippen LogP contribution in [0.25, 0.3) is 0 Å². The van der Waals surface area contributed by atoms with Gasteiger partial charge in [0.25, 0.3) is 0 Å². The Hall–Kier alpha value is -2.17. The van der Waals surface area contributed by atoms with E-state index in [9.17, 15) is 4.79 Å². The van der Waals surface area contributed by atoms with Crippen LogP contribution in [-0.2, 0) is 24.7 Å². The van der Waals surface area contributed by atoms with E-state index in [4.69, 9.17) is 0 Å². The maximum Gasteiger partial charge on any atom is 0.222 e. The zero-order chi connectivity index (χ0) is 16.9. The van der Waals surface area contributed by atoms with Gasteiger partial charge in [0.15, 0.2) is 0 Å². The highest BCUT2D eigenvalue weighted by Gasteiger charge is 2.23. The zero-order valence-electron chi connectivity index (χ0n) is 14.6. The van der Waals surface area contributed by atoms with Crippen molar-refractivity contribution in [3.8, 4) is 0 Å². The Morgan fingerprint density at radius 2 is 2.21 bits per heavy atom. The lowest BCUT2D eigenvalue weighted by atomic mass is 9.91. The average Bonchev–Trinajstić information content (AvgIpc) is 3.00. The number of hydrogen-bond donors (Lipinski definition) is 0. The lowest BCUT2D eigenvalue weighted by Crippen LogP contribution is -2.40. The van der Waals surface area contributed by atoms with Crippen molar-refractivity contribution in [3.05, 3.63) is 47.5 Å². The molecule has 1 aliphatic heterocycles. The van der Waals surface area contributed by atoms with Crippen molar-refractivity contribution < 1.29 is 4.79 Å². The van der Waals surface area contributed by atoms with Crippen molar-refractivity contribution in [1.82, 2.24) is 19.7 Å². The first-order valence-electron chi connectivity index (χ1n) is 8.78. The number of carbonyl (C=O) groups excluding carboxylic acids is 1. The molecule has 1 atom stereocenters. The predicted octanol–water partition coefficient (Wildman–Crippen LogP) is 2.54. The van der Waals surface area contributed by atoms with Crippen LogP contribution in [0.4, 0.5) is 0 Å². The number of rotatable bonds is 5. The molecule has 24 heavy (non-hydrogen) atoms. The fourth-order valence-electron chi connectivity index (χ4n) is 3.45. The van der Waals surface area contributed by atoms with Crippen LogP contribution in [0.15, 0.2) is 30.6 Å². The summed E-state index contributed by atoms with van der Waals surface area (Å²) in [5, 5.41) is 4.16. The Kier molecular flexibility index (Phi) is 5.28. The Bertz CT molecular complexity index is 677. The maximum absolute atomic E-state index is 12.5. The van der Waals surface area contributed by atoms with Gasteiger partial charge in [-0.15, -0.1) is 0 Å². The molecular formula is C19H26N4O. The summed E-state index contributed by atoms with van der Waals surface area (Å²) in [6, 6.07) is 6.21. The molecule has 0 aromatic carbocycles. The minimum Gasteiger partial charge on any atom is -0.342 e. The van der Waals surface area contributed by atoms with Crippen molar-refractivity contribution in [2.45, 2.75) is 39.0 Å². The van der Waals surface area contributed by atoms with E-state index in [1.54, 1.807) is 6.20 Å². The fourth-order valence-corrected chi connectivity index (χ4v) is 3.45. The second kappa shape index (κ2) is 7.60. The lowest BCUT2D eigenvalue weighted by molar-refractivity contribution is -0.133. The predicted molar refractivity (Wildman–Crippen MR) is 93.5 cm³/mol. The summed E-state index contributed by atoms with van der Waals surface area (Å²) < 4.78 is 1.84. The number of pyridine rings is 1. The molecule has 5 nitrogen and oxygen atoms in total. The first-order valence-corrected chi connectivity index (χ1v) is 8.78. The van der Waals surface area contributed by atoms with Gasteiger partial charge in [-0.05, 0) is 56.2 Å². The second-order valence-electron chi connectivity index (χ2n) is 6.81. The molecule has 128 valence electrons. The van der Waals surface area contributed by atoms with E-state index in [1.807, 2.05) is 35.8 Å². The number of aromatic nitrogens is 3. The van der Waals surface area contributed by atoms with E-state index in [0.29, 0.717) is 12.3 Å². The highest BCUT2D eigenvalue weighted by atomic mass is 16.2. The highest BCUT2D eigenvalue weighted by molar-refractivity contribution is 5.76. The Balaban J connectivity index is 1.51. The smallest absolute Gasteiger partial charge is 0.222 e. The summed E-state index contributed by atoms with van der Waals surface area (Å²) >= 11 is 0. The molecule has 0 saturated carbocycles. The van der Waals surface area contributed by atoms with E-state index in [-0.39, 0.29) is 5.91 Å². The quantitative estimate of drug-likeness (QED) is 0.848. The minimum atomic E-state index is 0.267. The van der Waals surface area contributed by atoms with Crippen LogP contribution in [0.2, 0.25) is 0 Å². The van der Waals surface area contributed by atoms with Crippen LogP contribution in [0, 0.1) is 12.8 Å². The molecule has 0 radical (unpaired) electrons. The fraction of sp³-hybridized carbons (Fsp3) is 0.526. The van der Waals surface area contributed by atoms with Crippen molar-refractivity contribution in [1.29, 1.82) is 0 Å². The van der Waals surface area contributed by atoms with Gasteiger partial charge in [-0.2, -0.15) is 5.10 Å². The topological polar surface area (TPSA) is 51.0 Å². The van der Waals surface area contributed by atoms with E-state index < -0.39 is 0 Å². The van der Waals surface area contributed by atoms with Crippen LogP contribution < -0.4 is 0 Å². The summed E-state index contributed by atoms with van der Waals surface area (Å²) in [4.78, 5) is 19.0. The monoisotopic (exact) mass is 326 g/mol. The molecule has 2 aromatic rings. The molecule has 0 unspecified atom stereocenters. The van der Waals surface area contributed by atoms with Gasteiger partial charge in [-0.3, -0.25) is 14.5 Å². The molecule has 5 heteroatoms. The molecule has 0 aliphatic carbocycles. The van der Waals surface area contributed by atoms with Crippen LogP contribution in [0.5, 0.6) is 0 Å². The molecule has 3 heterocycles. The third-order valence-electron chi connectivity index (χ3n) is 4.89. The van der Waals surface area contributed by atoms with Crippen LogP contribution in [-0.4, -0.2) is 38.7 Å². The number of aryl methyl sites for hydroxylation is 3. The molecule has 1 amide bonds. The zero-order valence-corrected chi connectivity index (χ0v) is 14.6. The standard InChI is InChI=1S/C19H26N4O/c1-15-5-6-16(13-20-15)12-17-4-3-11-23(14-17)19(24)8-7-18-9-10-21-22(18)2/h5-6,9-10,13,17H,3-4,7-8,11-12,14H2,1-2H3/t17-/m0/s1. The van der Waals surface area contributed by atoms with Gasteiger partial charge in [0.05, 0.1) is 0 Å². The Morgan fingerprint density at radius 1 is 1.33 bits per heavy atom. The molecule has 3 rings (SSSR count). The summed E-state index contributed by atoms with van der Waals surface area (Å²) in [5.74, 6) is 0.812. The average molecular weight is 326 g/mol. The molecule has 0 spiro atoms. The number of likely N-dealkylation sites (tertiary alicyclic amines) is 1. The highest BCUT2D eigenvalue weighted by Crippen LogP contribution is 2.21. The van der Waals surface area contributed by atoms with Gasteiger partial charge in [-0.25, -0.2) is 0 Å². The molecule has 0 N–H and O–H groups in total. The lowest BCUT2D eigenvalue weighted by Gasteiger charge is -2.33. The number of piperidine rings is 1. The van der Waals surface area contributed by atoms with E-state index in [1.165, 1.54) is 12.0 Å². The molecule has 1 fully saturated rings. The molecule has 1 saturated heterocycles. The van der Waals surface area contributed by atoms with Crippen LogP contribution >= 0.6 is 0 Å². The maximum atomic E-state index is 12.5. The number of carbonyl (C=O) groups is 1. The Labute approximate surface area is 143 Å². The van der Waals surface area contributed by atoms with Gasteiger partial charge in [-0.1, -0.05) is 6.07 Å². The van der Waals surface area contributed by atoms with E-state index >= 15 is 0 Å².